The molecule has 3 aromatic rings. The van der Waals surface area contributed by atoms with E-state index in [-0.39, 0.29) is 11.8 Å². The number of hydrogen-bond donors (Lipinski definition) is 1. The molecule has 0 fully saturated rings. The van der Waals surface area contributed by atoms with Gasteiger partial charge >= 0.3 is 6.03 Å². The van der Waals surface area contributed by atoms with Gasteiger partial charge in [0, 0.05) is 28.7 Å². The van der Waals surface area contributed by atoms with Gasteiger partial charge in [0.2, 0.25) is 0 Å². The molecule has 0 atom stereocenters. The van der Waals surface area contributed by atoms with Crippen molar-refractivity contribution < 1.29 is 9.18 Å². The number of halogens is 3. The van der Waals surface area contributed by atoms with Gasteiger partial charge in [-0.25, -0.2) is 9.18 Å². The first-order chi connectivity index (χ1) is 13.5. The molecule has 0 aliphatic carbocycles. The number of urea groups is 1. The number of benzene rings is 2. The van der Waals surface area contributed by atoms with E-state index in [1.54, 1.807) is 41.4 Å². The summed E-state index contributed by atoms with van der Waals surface area (Å²) in [5.41, 5.74) is 3.54. The first-order valence-electron chi connectivity index (χ1n) is 8.78. The van der Waals surface area contributed by atoms with Gasteiger partial charge in [-0.3, -0.25) is 4.68 Å². The summed E-state index contributed by atoms with van der Waals surface area (Å²) < 4.78 is 15.1. The molecule has 0 bridgehead atoms. The van der Waals surface area contributed by atoms with E-state index in [2.05, 4.69) is 10.4 Å². The molecule has 1 aromatic heterocycles. The number of amides is 2. The molecule has 144 valence electrons. The summed E-state index contributed by atoms with van der Waals surface area (Å²) in [5.74, 6) is -0.285. The van der Waals surface area contributed by atoms with Crippen LogP contribution in [0.4, 0.5) is 9.18 Å². The third-order valence-electron chi connectivity index (χ3n) is 4.68. The standard InChI is InChI=1S/C20H17Cl2FN4O/c21-15-7-13(8-16(22)9-15)10-24-20(28)26-5-6-27-19(12-26)18(11-25-27)14-1-3-17(23)4-2-14/h1-4,7-9,11H,5-6,10,12H2,(H,24,28). The van der Waals surface area contributed by atoms with Crippen molar-refractivity contribution in [3.8, 4) is 11.1 Å². The van der Waals surface area contributed by atoms with Gasteiger partial charge in [0.1, 0.15) is 5.82 Å². The molecule has 0 radical (unpaired) electrons. The van der Waals surface area contributed by atoms with Crippen LogP contribution in [0.25, 0.3) is 11.1 Å². The highest BCUT2D eigenvalue weighted by Gasteiger charge is 2.24. The average molecular weight is 419 g/mol. The normalized spacial score (nSPS) is 13.3. The van der Waals surface area contributed by atoms with Gasteiger partial charge < -0.3 is 10.2 Å². The molecule has 4 rings (SSSR count). The van der Waals surface area contributed by atoms with Gasteiger partial charge in [-0.05, 0) is 41.5 Å². The molecule has 5 nitrogen and oxygen atoms in total. The highest BCUT2D eigenvalue weighted by Crippen LogP contribution is 2.27. The van der Waals surface area contributed by atoms with Crippen molar-refractivity contribution in [1.82, 2.24) is 20.0 Å². The molecular weight excluding hydrogens is 402 g/mol. The number of nitrogens with zero attached hydrogens (tertiary/aromatic N) is 3. The van der Waals surface area contributed by atoms with Crippen molar-refractivity contribution in [3.05, 3.63) is 75.8 Å². The van der Waals surface area contributed by atoms with E-state index in [1.807, 2.05) is 4.68 Å². The van der Waals surface area contributed by atoms with E-state index in [1.165, 1.54) is 12.1 Å². The summed E-state index contributed by atoms with van der Waals surface area (Å²) in [6.07, 6.45) is 1.76. The number of rotatable bonds is 3. The Morgan fingerprint density at radius 1 is 1.11 bits per heavy atom. The molecule has 2 aromatic carbocycles. The first-order valence-corrected chi connectivity index (χ1v) is 9.53. The fraction of sp³-hybridized carbons (Fsp3) is 0.200. The van der Waals surface area contributed by atoms with Crippen molar-refractivity contribution in [2.75, 3.05) is 6.54 Å². The lowest BCUT2D eigenvalue weighted by atomic mass is 10.1. The maximum absolute atomic E-state index is 13.2. The molecule has 8 heteroatoms. The molecule has 1 aliphatic rings. The molecule has 1 aliphatic heterocycles. The molecule has 2 heterocycles. The van der Waals surface area contributed by atoms with Crippen LogP contribution in [0.3, 0.4) is 0 Å². The average Bonchev–Trinajstić information content (AvgIpc) is 3.09. The van der Waals surface area contributed by atoms with Crippen LogP contribution >= 0.6 is 23.2 Å². The van der Waals surface area contributed by atoms with E-state index < -0.39 is 0 Å². The van der Waals surface area contributed by atoms with Crippen LogP contribution in [0.2, 0.25) is 10.0 Å². The van der Waals surface area contributed by atoms with Crippen molar-refractivity contribution in [1.29, 1.82) is 0 Å². The molecule has 28 heavy (non-hydrogen) atoms. The Morgan fingerprint density at radius 3 is 2.54 bits per heavy atom. The van der Waals surface area contributed by atoms with E-state index in [4.69, 9.17) is 23.2 Å². The van der Waals surface area contributed by atoms with Gasteiger partial charge in [-0.1, -0.05) is 35.3 Å². The second-order valence-corrected chi connectivity index (χ2v) is 7.47. The van der Waals surface area contributed by atoms with Crippen LogP contribution in [-0.2, 0) is 19.6 Å². The van der Waals surface area contributed by atoms with Crippen LogP contribution in [0.1, 0.15) is 11.3 Å². The zero-order chi connectivity index (χ0) is 19.7. The summed E-state index contributed by atoms with van der Waals surface area (Å²) in [5, 5.41) is 8.36. The Balaban J connectivity index is 1.46. The fourth-order valence-electron chi connectivity index (χ4n) is 3.29. The van der Waals surface area contributed by atoms with Crippen LogP contribution in [0.15, 0.2) is 48.7 Å². The Hall–Kier alpha value is -2.57. The van der Waals surface area contributed by atoms with Gasteiger partial charge in [0.05, 0.1) is 25.0 Å². The largest absolute Gasteiger partial charge is 0.334 e. The van der Waals surface area contributed by atoms with Crippen molar-refractivity contribution >= 4 is 29.2 Å². The van der Waals surface area contributed by atoms with Crippen LogP contribution in [-0.4, -0.2) is 27.3 Å². The van der Waals surface area contributed by atoms with Crippen molar-refractivity contribution in [3.63, 3.8) is 0 Å². The monoisotopic (exact) mass is 418 g/mol. The van der Waals surface area contributed by atoms with E-state index >= 15 is 0 Å². The molecule has 0 saturated carbocycles. The molecule has 1 N–H and O–H groups in total. The van der Waals surface area contributed by atoms with Gasteiger partial charge in [-0.15, -0.1) is 0 Å². The number of nitrogens with one attached hydrogen (secondary N) is 1. The molecule has 0 unspecified atom stereocenters. The predicted octanol–water partition coefficient (Wildman–Crippen LogP) is 4.72. The molecular formula is C20H17Cl2FN4O. The number of fused-ring (bicyclic) bond motifs is 1. The number of carbonyl (C=O) groups excluding carboxylic acids is 1. The zero-order valence-corrected chi connectivity index (χ0v) is 16.3. The fourth-order valence-corrected chi connectivity index (χ4v) is 3.86. The first kappa shape index (κ1) is 18.8. The van der Waals surface area contributed by atoms with Crippen LogP contribution in [0.5, 0.6) is 0 Å². The Labute approximate surface area is 171 Å². The lowest BCUT2D eigenvalue weighted by molar-refractivity contribution is 0.181. The zero-order valence-electron chi connectivity index (χ0n) is 14.8. The highest BCUT2D eigenvalue weighted by molar-refractivity contribution is 6.34. The summed E-state index contributed by atoms with van der Waals surface area (Å²) >= 11 is 12.0. The number of hydrogen-bond acceptors (Lipinski definition) is 2. The summed E-state index contributed by atoms with van der Waals surface area (Å²) in [6, 6.07) is 11.3. The van der Waals surface area contributed by atoms with Crippen LogP contribution in [0, 0.1) is 5.82 Å². The minimum absolute atomic E-state index is 0.173. The van der Waals surface area contributed by atoms with Crippen molar-refractivity contribution in [2.24, 2.45) is 0 Å². The van der Waals surface area contributed by atoms with Crippen LogP contribution < -0.4 is 5.32 Å². The second kappa shape index (κ2) is 7.81. The maximum atomic E-state index is 13.2. The summed E-state index contributed by atoms with van der Waals surface area (Å²) in [6.45, 7) is 1.92. The number of aromatic nitrogens is 2. The SMILES string of the molecule is O=C(NCc1cc(Cl)cc(Cl)c1)N1CCn2ncc(-c3ccc(F)cc3)c2C1. The van der Waals surface area contributed by atoms with Gasteiger partial charge in [0.25, 0.3) is 0 Å². The number of carbonyl (C=O) groups is 1. The topological polar surface area (TPSA) is 50.2 Å². The smallest absolute Gasteiger partial charge is 0.318 e. The Morgan fingerprint density at radius 2 is 1.82 bits per heavy atom. The van der Waals surface area contributed by atoms with E-state index in [0.29, 0.717) is 36.2 Å². The van der Waals surface area contributed by atoms with Crippen molar-refractivity contribution in [2.45, 2.75) is 19.6 Å². The maximum Gasteiger partial charge on any atom is 0.318 e. The third-order valence-corrected chi connectivity index (χ3v) is 5.12. The van der Waals surface area contributed by atoms with Gasteiger partial charge in [0.15, 0.2) is 0 Å². The van der Waals surface area contributed by atoms with Gasteiger partial charge in [-0.2, -0.15) is 5.10 Å². The third kappa shape index (κ3) is 3.98. The lowest BCUT2D eigenvalue weighted by Gasteiger charge is -2.28. The Kier molecular flexibility index (Phi) is 5.24. The summed E-state index contributed by atoms with van der Waals surface area (Å²) in [4.78, 5) is 14.4. The summed E-state index contributed by atoms with van der Waals surface area (Å²) in [7, 11) is 0. The van der Waals surface area contributed by atoms with E-state index in [0.717, 1.165) is 22.4 Å². The quantitative estimate of drug-likeness (QED) is 0.668. The molecule has 2 amide bonds. The second-order valence-electron chi connectivity index (χ2n) is 6.59. The predicted molar refractivity (Wildman–Crippen MR) is 107 cm³/mol. The Bertz CT molecular complexity index is 999. The minimum Gasteiger partial charge on any atom is -0.334 e. The highest BCUT2D eigenvalue weighted by atomic mass is 35.5. The van der Waals surface area contributed by atoms with E-state index in [9.17, 15) is 9.18 Å². The molecule has 0 saturated heterocycles. The lowest BCUT2D eigenvalue weighted by Crippen LogP contribution is -2.44. The molecule has 0 spiro atoms. The minimum atomic E-state index is -0.285.